The third-order valence-electron chi connectivity index (χ3n) is 2.96. The Kier molecular flexibility index (Phi) is 2.60. The van der Waals surface area contributed by atoms with Crippen molar-refractivity contribution in [3.05, 3.63) is 30.1 Å². The number of imidazole rings is 1. The van der Waals surface area contributed by atoms with Crippen LogP contribution < -0.4 is 5.73 Å². The number of nitrogens with one attached hydrogen (secondary N) is 1. The van der Waals surface area contributed by atoms with Gasteiger partial charge in [-0.2, -0.15) is 0 Å². The molecule has 0 amide bonds. The van der Waals surface area contributed by atoms with Gasteiger partial charge in [-0.15, -0.1) is 0 Å². The van der Waals surface area contributed by atoms with Gasteiger partial charge in [0.1, 0.15) is 16.9 Å². The molecule has 2 aromatic heterocycles. The number of hydrogen-bond acceptors (Lipinski definition) is 4. The summed E-state index contributed by atoms with van der Waals surface area (Å²) in [4.78, 5) is 11.8. The first-order chi connectivity index (χ1) is 8.81. The lowest BCUT2D eigenvalue weighted by molar-refractivity contribution is 0.135. The Morgan fingerprint density at radius 3 is 3.11 bits per heavy atom. The largest absolute Gasteiger partial charge is 0.382 e. The van der Waals surface area contributed by atoms with Gasteiger partial charge in [0.2, 0.25) is 0 Å². The fourth-order valence-corrected chi connectivity index (χ4v) is 2.15. The molecule has 0 saturated carbocycles. The van der Waals surface area contributed by atoms with Crippen LogP contribution in [0.25, 0.3) is 21.9 Å². The summed E-state index contributed by atoms with van der Waals surface area (Å²) in [6.07, 6.45) is 1.64. The molecule has 2 heterocycles. The van der Waals surface area contributed by atoms with Crippen molar-refractivity contribution in [2.45, 2.75) is 13.5 Å². The number of nitrogen functional groups attached to an aromatic ring is 1. The van der Waals surface area contributed by atoms with Crippen molar-refractivity contribution in [1.82, 2.24) is 15.0 Å². The molecule has 1 aromatic carbocycles. The molecule has 0 atom stereocenters. The Hall–Kier alpha value is -2.14. The SMILES string of the molecule is CCOCc1cccc2nc(N)c3[nH]cnc3c12. The monoisotopic (exact) mass is 242 g/mol. The second kappa shape index (κ2) is 4.27. The average molecular weight is 242 g/mol. The van der Waals surface area contributed by atoms with Gasteiger partial charge in [-0.1, -0.05) is 12.1 Å². The first-order valence-corrected chi connectivity index (χ1v) is 5.89. The lowest BCUT2D eigenvalue weighted by Crippen LogP contribution is -1.97. The van der Waals surface area contributed by atoms with E-state index in [1.807, 2.05) is 25.1 Å². The zero-order valence-electron chi connectivity index (χ0n) is 10.1. The summed E-state index contributed by atoms with van der Waals surface area (Å²) in [5.41, 5.74) is 9.48. The molecule has 0 saturated heterocycles. The van der Waals surface area contributed by atoms with E-state index in [0.29, 0.717) is 19.0 Å². The van der Waals surface area contributed by atoms with E-state index in [9.17, 15) is 0 Å². The van der Waals surface area contributed by atoms with Crippen LogP contribution in [0.2, 0.25) is 0 Å². The number of nitrogens with zero attached hydrogens (tertiary/aromatic N) is 2. The van der Waals surface area contributed by atoms with E-state index in [0.717, 1.165) is 27.5 Å². The smallest absolute Gasteiger partial charge is 0.150 e. The van der Waals surface area contributed by atoms with Crippen LogP contribution in [0.5, 0.6) is 0 Å². The van der Waals surface area contributed by atoms with Crippen LogP contribution in [0.15, 0.2) is 24.5 Å². The van der Waals surface area contributed by atoms with Crippen molar-refractivity contribution >= 4 is 27.8 Å². The van der Waals surface area contributed by atoms with Gasteiger partial charge in [0.25, 0.3) is 0 Å². The molecule has 0 spiro atoms. The molecular formula is C13H14N4O. The van der Waals surface area contributed by atoms with Crippen molar-refractivity contribution in [2.75, 3.05) is 12.3 Å². The summed E-state index contributed by atoms with van der Waals surface area (Å²) < 4.78 is 5.49. The Balaban J connectivity index is 2.33. The molecule has 5 nitrogen and oxygen atoms in total. The first-order valence-electron chi connectivity index (χ1n) is 5.89. The highest BCUT2D eigenvalue weighted by Crippen LogP contribution is 2.28. The Bertz CT molecular complexity index is 705. The summed E-state index contributed by atoms with van der Waals surface area (Å²) >= 11 is 0. The molecule has 92 valence electrons. The predicted molar refractivity (Wildman–Crippen MR) is 71.1 cm³/mol. The third kappa shape index (κ3) is 1.60. The summed E-state index contributed by atoms with van der Waals surface area (Å²) in [6.45, 7) is 3.22. The molecule has 0 aliphatic carbocycles. The standard InChI is InChI=1S/C13H14N4O/c1-2-18-6-8-4-3-5-9-10(8)11-12(13(14)17-9)16-7-15-11/h3-5,7H,2,6H2,1H3,(H2,14,17)(H,15,16). The summed E-state index contributed by atoms with van der Waals surface area (Å²) in [5, 5.41) is 1.01. The maximum atomic E-state index is 5.90. The van der Waals surface area contributed by atoms with Crippen molar-refractivity contribution in [3.63, 3.8) is 0 Å². The molecule has 0 fully saturated rings. The van der Waals surface area contributed by atoms with Gasteiger partial charge in [-0.3, -0.25) is 0 Å². The zero-order chi connectivity index (χ0) is 12.5. The number of aromatic amines is 1. The molecule has 0 radical (unpaired) electrons. The normalized spacial score (nSPS) is 11.4. The minimum atomic E-state index is 0.476. The highest BCUT2D eigenvalue weighted by molar-refractivity contribution is 6.07. The number of anilines is 1. The van der Waals surface area contributed by atoms with Gasteiger partial charge in [0.05, 0.1) is 18.5 Å². The quantitative estimate of drug-likeness (QED) is 0.738. The van der Waals surface area contributed by atoms with Crippen molar-refractivity contribution in [3.8, 4) is 0 Å². The lowest BCUT2D eigenvalue weighted by Gasteiger charge is -2.07. The number of hydrogen-bond donors (Lipinski definition) is 2. The van der Waals surface area contributed by atoms with Crippen LogP contribution >= 0.6 is 0 Å². The Morgan fingerprint density at radius 2 is 2.28 bits per heavy atom. The van der Waals surface area contributed by atoms with Gasteiger partial charge in [0.15, 0.2) is 0 Å². The second-order valence-corrected chi connectivity index (χ2v) is 4.07. The predicted octanol–water partition coefficient (Wildman–Crippen LogP) is 2.23. The van der Waals surface area contributed by atoms with Crippen LogP contribution in [0, 0.1) is 0 Å². The molecule has 0 unspecified atom stereocenters. The van der Waals surface area contributed by atoms with E-state index in [1.54, 1.807) is 6.33 Å². The molecule has 0 aliphatic heterocycles. The van der Waals surface area contributed by atoms with Crippen molar-refractivity contribution < 1.29 is 4.74 Å². The van der Waals surface area contributed by atoms with E-state index in [-0.39, 0.29) is 0 Å². The Morgan fingerprint density at radius 1 is 1.39 bits per heavy atom. The van der Waals surface area contributed by atoms with Gasteiger partial charge in [0, 0.05) is 12.0 Å². The van der Waals surface area contributed by atoms with Crippen LogP contribution in [0.4, 0.5) is 5.82 Å². The molecule has 3 N–H and O–H groups in total. The van der Waals surface area contributed by atoms with Crippen molar-refractivity contribution in [2.24, 2.45) is 0 Å². The number of H-pyrrole nitrogens is 1. The molecule has 18 heavy (non-hydrogen) atoms. The van der Waals surface area contributed by atoms with E-state index in [4.69, 9.17) is 10.5 Å². The highest BCUT2D eigenvalue weighted by Gasteiger charge is 2.11. The molecule has 3 rings (SSSR count). The molecule has 3 aromatic rings. The zero-order valence-corrected chi connectivity index (χ0v) is 10.1. The van der Waals surface area contributed by atoms with E-state index < -0.39 is 0 Å². The minimum Gasteiger partial charge on any atom is -0.382 e. The van der Waals surface area contributed by atoms with Crippen LogP contribution in [-0.2, 0) is 11.3 Å². The second-order valence-electron chi connectivity index (χ2n) is 4.07. The first kappa shape index (κ1) is 11.0. The van der Waals surface area contributed by atoms with Crippen LogP contribution in [0.1, 0.15) is 12.5 Å². The average Bonchev–Trinajstić information content (AvgIpc) is 2.86. The minimum absolute atomic E-state index is 0.476. The summed E-state index contributed by atoms with van der Waals surface area (Å²) in [6, 6.07) is 5.93. The van der Waals surface area contributed by atoms with E-state index >= 15 is 0 Å². The van der Waals surface area contributed by atoms with Gasteiger partial charge >= 0.3 is 0 Å². The fourth-order valence-electron chi connectivity index (χ4n) is 2.15. The van der Waals surface area contributed by atoms with Gasteiger partial charge < -0.3 is 15.5 Å². The summed E-state index contributed by atoms with van der Waals surface area (Å²) in [5.74, 6) is 0.476. The molecular weight excluding hydrogens is 228 g/mol. The number of pyridine rings is 1. The van der Waals surface area contributed by atoms with Gasteiger partial charge in [-0.25, -0.2) is 9.97 Å². The molecule has 5 heteroatoms. The molecule has 0 bridgehead atoms. The topological polar surface area (TPSA) is 76.8 Å². The third-order valence-corrected chi connectivity index (χ3v) is 2.96. The number of benzene rings is 1. The Labute approximate surface area is 104 Å². The fraction of sp³-hybridized carbons (Fsp3) is 0.231. The maximum absolute atomic E-state index is 5.90. The maximum Gasteiger partial charge on any atom is 0.150 e. The lowest BCUT2D eigenvalue weighted by atomic mass is 10.1. The number of ether oxygens (including phenoxy) is 1. The highest BCUT2D eigenvalue weighted by atomic mass is 16.5. The van der Waals surface area contributed by atoms with Crippen molar-refractivity contribution in [1.29, 1.82) is 0 Å². The van der Waals surface area contributed by atoms with Gasteiger partial charge in [-0.05, 0) is 18.6 Å². The van der Waals surface area contributed by atoms with Crippen LogP contribution in [0.3, 0.4) is 0 Å². The molecule has 0 aliphatic rings. The van der Waals surface area contributed by atoms with E-state index in [1.165, 1.54) is 0 Å². The van der Waals surface area contributed by atoms with Crippen LogP contribution in [-0.4, -0.2) is 21.6 Å². The number of nitrogens with two attached hydrogens (primary N) is 1. The number of aromatic nitrogens is 3. The van der Waals surface area contributed by atoms with E-state index in [2.05, 4.69) is 15.0 Å². The number of rotatable bonds is 3. The number of fused-ring (bicyclic) bond motifs is 3. The summed E-state index contributed by atoms with van der Waals surface area (Å²) in [7, 11) is 0.